The maximum atomic E-state index is 5.36. The van der Waals surface area contributed by atoms with E-state index in [1.807, 2.05) is 0 Å². The Morgan fingerprint density at radius 1 is 1.21 bits per heavy atom. The summed E-state index contributed by atoms with van der Waals surface area (Å²) in [5.74, 6) is 6.52. The van der Waals surface area contributed by atoms with Crippen LogP contribution in [0.25, 0.3) is 5.95 Å². The van der Waals surface area contributed by atoms with Gasteiger partial charge >= 0.3 is 0 Å². The van der Waals surface area contributed by atoms with E-state index in [0.29, 0.717) is 11.9 Å². The van der Waals surface area contributed by atoms with Gasteiger partial charge in [0, 0.05) is 18.9 Å². The summed E-state index contributed by atoms with van der Waals surface area (Å²) in [5, 5.41) is 7.24. The average Bonchev–Trinajstić information content (AvgIpc) is 2.89. The summed E-state index contributed by atoms with van der Waals surface area (Å²) in [6, 6.07) is 1.79. The molecule has 102 valence electrons. The van der Waals surface area contributed by atoms with Gasteiger partial charge in [-0.25, -0.2) is 10.5 Å². The summed E-state index contributed by atoms with van der Waals surface area (Å²) < 4.78 is 1.55. The Bertz CT molecular complexity index is 528. The van der Waals surface area contributed by atoms with E-state index < -0.39 is 0 Å². The first-order valence-corrected chi connectivity index (χ1v) is 5.94. The predicted octanol–water partition coefficient (Wildman–Crippen LogP) is 0.801. The molecule has 2 aromatic heterocycles. The monoisotopic (exact) mass is 262 g/mol. The van der Waals surface area contributed by atoms with Crippen LogP contribution in [0.2, 0.25) is 0 Å². The number of hydrazine groups is 1. The van der Waals surface area contributed by atoms with Crippen LogP contribution in [0.15, 0.2) is 18.5 Å². The first-order valence-electron chi connectivity index (χ1n) is 5.94. The Labute approximate surface area is 111 Å². The fraction of sp³-hybridized carbons (Fsp3) is 0.455. The van der Waals surface area contributed by atoms with Gasteiger partial charge in [0.1, 0.15) is 0 Å². The Kier molecular flexibility index (Phi) is 3.61. The number of nitrogens with zero attached hydrogens (tertiary/aromatic N) is 5. The molecule has 0 aliphatic heterocycles. The highest BCUT2D eigenvalue weighted by atomic mass is 15.4. The molecule has 0 aromatic carbocycles. The molecule has 2 rings (SSSR count). The minimum atomic E-state index is 0.120. The van der Waals surface area contributed by atoms with Crippen LogP contribution in [0.1, 0.15) is 20.8 Å². The van der Waals surface area contributed by atoms with E-state index in [1.54, 1.807) is 23.1 Å². The van der Waals surface area contributed by atoms with Crippen molar-refractivity contribution in [3.63, 3.8) is 0 Å². The van der Waals surface area contributed by atoms with Gasteiger partial charge in [0.05, 0.1) is 0 Å². The molecule has 4 N–H and O–H groups in total. The third-order valence-electron chi connectivity index (χ3n) is 2.24. The summed E-state index contributed by atoms with van der Waals surface area (Å²) >= 11 is 0. The number of hydrogen-bond donors (Lipinski definition) is 3. The van der Waals surface area contributed by atoms with Gasteiger partial charge in [0.25, 0.3) is 5.95 Å². The van der Waals surface area contributed by atoms with Crippen molar-refractivity contribution in [2.75, 3.05) is 17.3 Å². The lowest BCUT2D eigenvalue weighted by Gasteiger charge is -2.18. The molecule has 0 aliphatic carbocycles. The molecule has 0 saturated carbocycles. The standard InChI is InChI=1S/C11H18N8/c1-11(2,3)7-13-8-15-9(18-12)17-10(16-8)19-6-4-5-14-19/h4-6H,7,12H2,1-3H3,(H2,13,15,16,17,18). The van der Waals surface area contributed by atoms with Crippen LogP contribution >= 0.6 is 0 Å². The lowest BCUT2D eigenvalue weighted by molar-refractivity contribution is 0.441. The molecular formula is C11H18N8. The van der Waals surface area contributed by atoms with Crippen LogP contribution in [-0.4, -0.2) is 31.3 Å². The van der Waals surface area contributed by atoms with Gasteiger partial charge in [0.15, 0.2) is 0 Å². The molecule has 0 unspecified atom stereocenters. The zero-order valence-corrected chi connectivity index (χ0v) is 11.3. The first-order chi connectivity index (χ1) is 8.98. The number of nitrogen functional groups attached to an aromatic ring is 1. The van der Waals surface area contributed by atoms with Crippen LogP contribution in [0, 0.1) is 5.41 Å². The summed E-state index contributed by atoms with van der Waals surface area (Å²) in [4.78, 5) is 12.6. The third-order valence-corrected chi connectivity index (χ3v) is 2.24. The smallest absolute Gasteiger partial charge is 0.257 e. The van der Waals surface area contributed by atoms with E-state index in [4.69, 9.17) is 5.84 Å². The van der Waals surface area contributed by atoms with Gasteiger partial charge in [-0.2, -0.15) is 20.1 Å². The van der Waals surface area contributed by atoms with Crippen LogP contribution in [0.4, 0.5) is 11.9 Å². The fourth-order valence-electron chi connectivity index (χ4n) is 1.34. The molecule has 19 heavy (non-hydrogen) atoms. The first kappa shape index (κ1) is 13.2. The fourth-order valence-corrected chi connectivity index (χ4v) is 1.34. The normalized spacial score (nSPS) is 11.4. The van der Waals surface area contributed by atoms with Crippen molar-refractivity contribution >= 4 is 11.9 Å². The minimum absolute atomic E-state index is 0.120. The molecule has 0 atom stereocenters. The molecule has 0 radical (unpaired) electrons. The largest absolute Gasteiger partial charge is 0.353 e. The van der Waals surface area contributed by atoms with Crippen molar-refractivity contribution < 1.29 is 0 Å². The predicted molar refractivity (Wildman–Crippen MR) is 72.7 cm³/mol. The summed E-state index contributed by atoms with van der Waals surface area (Å²) in [5.41, 5.74) is 2.54. The maximum Gasteiger partial charge on any atom is 0.257 e. The van der Waals surface area contributed by atoms with Gasteiger partial charge in [0.2, 0.25) is 11.9 Å². The molecule has 0 fully saturated rings. The quantitative estimate of drug-likeness (QED) is 0.552. The van der Waals surface area contributed by atoms with E-state index >= 15 is 0 Å². The van der Waals surface area contributed by atoms with Gasteiger partial charge in [-0.1, -0.05) is 20.8 Å². The molecule has 0 bridgehead atoms. The molecule has 8 heteroatoms. The highest BCUT2D eigenvalue weighted by Gasteiger charge is 2.12. The number of hydrogen-bond acceptors (Lipinski definition) is 7. The molecule has 2 aromatic rings. The van der Waals surface area contributed by atoms with Crippen LogP contribution < -0.4 is 16.6 Å². The van der Waals surface area contributed by atoms with Crippen molar-refractivity contribution in [1.82, 2.24) is 24.7 Å². The summed E-state index contributed by atoms with van der Waals surface area (Å²) in [6.07, 6.45) is 3.41. The van der Waals surface area contributed by atoms with Crippen molar-refractivity contribution in [3.8, 4) is 5.95 Å². The van der Waals surface area contributed by atoms with Crippen molar-refractivity contribution in [3.05, 3.63) is 18.5 Å². The maximum absolute atomic E-state index is 5.36. The molecule has 8 nitrogen and oxygen atoms in total. The Morgan fingerprint density at radius 2 is 1.95 bits per heavy atom. The number of aromatic nitrogens is 5. The minimum Gasteiger partial charge on any atom is -0.353 e. The highest BCUT2D eigenvalue weighted by Crippen LogP contribution is 2.14. The Morgan fingerprint density at radius 3 is 2.53 bits per heavy atom. The lowest BCUT2D eigenvalue weighted by atomic mass is 9.97. The topological polar surface area (TPSA) is 107 Å². The van der Waals surface area contributed by atoms with Crippen LogP contribution in [0.5, 0.6) is 0 Å². The Balaban J connectivity index is 2.26. The van der Waals surface area contributed by atoms with Crippen molar-refractivity contribution in [2.24, 2.45) is 11.3 Å². The van der Waals surface area contributed by atoms with Gasteiger partial charge < -0.3 is 5.32 Å². The zero-order valence-electron chi connectivity index (χ0n) is 11.3. The second-order valence-electron chi connectivity index (χ2n) is 5.29. The Hall–Kier alpha value is -2.22. The lowest BCUT2D eigenvalue weighted by Crippen LogP contribution is -2.22. The van der Waals surface area contributed by atoms with E-state index in [0.717, 1.165) is 6.54 Å². The van der Waals surface area contributed by atoms with Crippen LogP contribution in [0.3, 0.4) is 0 Å². The molecule has 0 aliphatic rings. The number of nitrogens with two attached hydrogens (primary N) is 1. The van der Waals surface area contributed by atoms with Gasteiger partial charge in [-0.3, -0.25) is 5.43 Å². The molecule has 0 amide bonds. The van der Waals surface area contributed by atoms with E-state index in [2.05, 4.69) is 51.6 Å². The van der Waals surface area contributed by atoms with Crippen molar-refractivity contribution in [2.45, 2.75) is 20.8 Å². The number of rotatable bonds is 4. The third kappa shape index (κ3) is 3.62. The number of anilines is 2. The second-order valence-corrected chi connectivity index (χ2v) is 5.29. The summed E-state index contributed by atoms with van der Waals surface area (Å²) in [7, 11) is 0. The highest BCUT2D eigenvalue weighted by molar-refractivity contribution is 5.37. The summed E-state index contributed by atoms with van der Waals surface area (Å²) in [6.45, 7) is 7.10. The van der Waals surface area contributed by atoms with Gasteiger partial charge in [-0.05, 0) is 11.5 Å². The van der Waals surface area contributed by atoms with E-state index in [1.165, 1.54) is 0 Å². The number of nitrogens with one attached hydrogen (secondary N) is 2. The van der Waals surface area contributed by atoms with Crippen molar-refractivity contribution in [1.29, 1.82) is 0 Å². The molecule has 2 heterocycles. The van der Waals surface area contributed by atoms with Crippen LogP contribution in [-0.2, 0) is 0 Å². The molecule has 0 saturated heterocycles. The van der Waals surface area contributed by atoms with Gasteiger partial charge in [-0.15, -0.1) is 0 Å². The van der Waals surface area contributed by atoms with E-state index in [-0.39, 0.29) is 11.4 Å². The SMILES string of the molecule is CC(C)(C)CNc1nc(NN)nc(-n2cccn2)n1. The average molecular weight is 262 g/mol. The molecule has 0 spiro atoms. The zero-order chi connectivity index (χ0) is 13.9. The second kappa shape index (κ2) is 5.19. The molecular weight excluding hydrogens is 244 g/mol. The van der Waals surface area contributed by atoms with E-state index in [9.17, 15) is 0 Å².